The van der Waals surface area contributed by atoms with Crippen molar-refractivity contribution in [3.63, 3.8) is 0 Å². The summed E-state index contributed by atoms with van der Waals surface area (Å²) in [6.07, 6.45) is 9.62. The zero-order chi connectivity index (χ0) is 18.4. The molecule has 1 amide bonds. The van der Waals surface area contributed by atoms with Crippen molar-refractivity contribution in [2.75, 3.05) is 44.2 Å². The van der Waals surface area contributed by atoms with Gasteiger partial charge in [0.2, 0.25) is 0 Å². The molecule has 0 saturated carbocycles. The summed E-state index contributed by atoms with van der Waals surface area (Å²) in [5.74, 6) is 0.883. The van der Waals surface area contributed by atoms with E-state index in [4.69, 9.17) is 9.90 Å². The third kappa shape index (κ3) is 4.30. The molecule has 3 aliphatic heterocycles. The minimum Gasteiger partial charge on any atom is -0.483 e. The van der Waals surface area contributed by atoms with Gasteiger partial charge in [0.15, 0.2) is 0 Å². The molecule has 4 rings (SSSR count). The van der Waals surface area contributed by atoms with Gasteiger partial charge in [-0.2, -0.15) is 0 Å². The van der Waals surface area contributed by atoms with E-state index in [9.17, 15) is 4.79 Å². The Morgan fingerprint density at radius 1 is 1.04 bits per heavy atom. The van der Waals surface area contributed by atoms with Crippen molar-refractivity contribution in [2.24, 2.45) is 0 Å². The molecule has 1 aromatic heterocycles. The molecule has 3 fully saturated rings. The lowest BCUT2D eigenvalue weighted by atomic mass is 10.0. The van der Waals surface area contributed by atoms with E-state index in [0.717, 1.165) is 44.8 Å². The van der Waals surface area contributed by atoms with Crippen LogP contribution in [0.5, 0.6) is 0 Å². The van der Waals surface area contributed by atoms with Gasteiger partial charge in [0.25, 0.3) is 12.4 Å². The zero-order valence-electron chi connectivity index (χ0n) is 15.1. The van der Waals surface area contributed by atoms with Gasteiger partial charge >= 0.3 is 0 Å². The molecule has 4 heterocycles. The van der Waals surface area contributed by atoms with Crippen LogP contribution in [0.25, 0.3) is 0 Å². The van der Waals surface area contributed by atoms with E-state index in [1.165, 1.54) is 32.4 Å². The van der Waals surface area contributed by atoms with Crippen molar-refractivity contribution >= 4 is 18.2 Å². The largest absolute Gasteiger partial charge is 0.483 e. The number of hydrogen-bond donors (Lipinski definition) is 1. The minimum atomic E-state index is -0.250. The molecule has 26 heavy (non-hydrogen) atoms. The summed E-state index contributed by atoms with van der Waals surface area (Å²) in [6.45, 7) is 5.94. The first kappa shape index (κ1) is 18.6. The molecule has 0 spiro atoms. The molecule has 1 N–H and O–H groups in total. The van der Waals surface area contributed by atoms with Crippen LogP contribution < -0.4 is 4.90 Å². The zero-order valence-corrected chi connectivity index (χ0v) is 15.1. The van der Waals surface area contributed by atoms with Crippen molar-refractivity contribution in [3.05, 3.63) is 18.1 Å². The van der Waals surface area contributed by atoms with E-state index >= 15 is 0 Å². The molecule has 142 valence electrons. The number of anilines is 1. The standard InChI is InChI=1S/C17H25N5O.CH2O2/c23-17(21-8-4-5-9-21)15-10-18-11-16(19-15)22-12-14(13-22)20-6-2-1-3-7-20;2-1-3/h10-11,14H,1-9,12-13H2;1H,(H,2,3). The Balaban J connectivity index is 0.000000613. The molecule has 0 bridgehead atoms. The molecule has 0 atom stereocenters. The highest BCUT2D eigenvalue weighted by atomic mass is 16.3. The maximum Gasteiger partial charge on any atom is 0.290 e. The van der Waals surface area contributed by atoms with Gasteiger partial charge < -0.3 is 14.9 Å². The first-order chi connectivity index (χ1) is 12.7. The lowest BCUT2D eigenvalue weighted by Crippen LogP contribution is -2.60. The van der Waals surface area contributed by atoms with Crippen LogP contribution in [0.15, 0.2) is 12.4 Å². The Morgan fingerprint density at radius 2 is 1.65 bits per heavy atom. The predicted octanol–water partition coefficient (Wildman–Crippen LogP) is 1.09. The third-order valence-corrected chi connectivity index (χ3v) is 5.33. The van der Waals surface area contributed by atoms with Crippen molar-refractivity contribution in [2.45, 2.75) is 38.1 Å². The smallest absolute Gasteiger partial charge is 0.290 e. The van der Waals surface area contributed by atoms with Crippen molar-refractivity contribution < 1.29 is 14.7 Å². The van der Waals surface area contributed by atoms with Gasteiger partial charge in [-0.15, -0.1) is 0 Å². The summed E-state index contributed by atoms with van der Waals surface area (Å²) < 4.78 is 0. The Morgan fingerprint density at radius 3 is 2.31 bits per heavy atom. The van der Waals surface area contributed by atoms with Crippen LogP contribution in [0.1, 0.15) is 42.6 Å². The molecule has 8 heteroatoms. The van der Waals surface area contributed by atoms with Crippen LogP contribution in [0.4, 0.5) is 5.82 Å². The van der Waals surface area contributed by atoms with E-state index in [-0.39, 0.29) is 12.4 Å². The number of hydrogen-bond acceptors (Lipinski definition) is 6. The molecule has 3 aliphatic rings. The van der Waals surface area contributed by atoms with Gasteiger partial charge in [0, 0.05) is 32.2 Å². The second-order valence-corrected chi connectivity index (χ2v) is 7.02. The fourth-order valence-corrected chi connectivity index (χ4v) is 3.85. The highest BCUT2D eigenvalue weighted by Gasteiger charge is 2.33. The third-order valence-electron chi connectivity index (χ3n) is 5.33. The van der Waals surface area contributed by atoms with Gasteiger partial charge in [0.1, 0.15) is 11.5 Å². The second-order valence-electron chi connectivity index (χ2n) is 7.02. The number of piperidine rings is 1. The van der Waals surface area contributed by atoms with Gasteiger partial charge in [-0.25, -0.2) is 4.98 Å². The van der Waals surface area contributed by atoms with Crippen LogP contribution in [-0.4, -0.2) is 82.6 Å². The van der Waals surface area contributed by atoms with E-state index in [0.29, 0.717) is 11.7 Å². The summed E-state index contributed by atoms with van der Waals surface area (Å²) in [5, 5.41) is 6.89. The van der Waals surface area contributed by atoms with E-state index in [1.807, 2.05) is 4.90 Å². The molecule has 0 unspecified atom stereocenters. The average Bonchev–Trinajstić information content (AvgIpc) is 3.16. The predicted molar refractivity (Wildman–Crippen MR) is 97.3 cm³/mol. The van der Waals surface area contributed by atoms with Crippen LogP contribution in [0.2, 0.25) is 0 Å². The SMILES string of the molecule is O=C(c1cncc(N2CC(N3CCCCC3)C2)n1)N1CCCC1.O=CO. The summed E-state index contributed by atoms with van der Waals surface area (Å²) >= 11 is 0. The summed E-state index contributed by atoms with van der Waals surface area (Å²) in [7, 11) is 0. The lowest BCUT2D eigenvalue weighted by Gasteiger charge is -2.47. The lowest BCUT2D eigenvalue weighted by molar-refractivity contribution is -0.122. The highest BCUT2D eigenvalue weighted by Crippen LogP contribution is 2.24. The number of likely N-dealkylation sites (tertiary alicyclic amines) is 2. The van der Waals surface area contributed by atoms with Crippen LogP contribution in [-0.2, 0) is 4.79 Å². The monoisotopic (exact) mass is 361 g/mol. The normalized spacial score (nSPS) is 20.9. The van der Waals surface area contributed by atoms with Crippen molar-refractivity contribution in [1.29, 1.82) is 0 Å². The topological polar surface area (TPSA) is 89.9 Å². The highest BCUT2D eigenvalue weighted by molar-refractivity contribution is 5.92. The van der Waals surface area contributed by atoms with Crippen molar-refractivity contribution in [3.8, 4) is 0 Å². The number of carboxylic acid groups (broad SMARTS) is 1. The molecule has 3 saturated heterocycles. The summed E-state index contributed by atoms with van der Waals surface area (Å²) in [5.41, 5.74) is 0.492. The number of aromatic nitrogens is 2. The molecular formula is C18H27N5O3. The van der Waals surface area contributed by atoms with Crippen LogP contribution >= 0.6 is 0 Å². The maximum atomic E-state index is 12.4. The number of nitrogens with zero attached hydrogens (tertiary/aromatic N) is 5. The van der Waals surface area contributed by atoms with Crippen LogP contribution in [0, 0.1) is 0 Å². The van der Waals surface area contributed by atoms with E-state index < -0.39 is 0 Å². The summed E-state index contributed by atoms with van der Waals surface area (Å²) in [6, 6.07) is 0.648. The Hall–Kier alpha value is -2.22. The maximum absolute atomic E-state index is 12.4. The van der Waals surface area contributed by atoms with Gasteiger partial charge in [-0.3, -0.25) is 19.5 Å². The fraction of sp³-hybridized carbons (Fsp3) is 0.667. The number of rotatable bonds is 3. The van der Waals surface area contributed by atoms with E-state index in [2.05, 4.69) is 19.8 Å². The Bertz CT molecular complexity index is 609. The molecular weight excluding hydrogens is 334 g/mol. The number of amides is 1. The molecule has 0 aliphatic carbocycles. The van der Waals surface area contributed by atoms with Gasteiger partial charge in [-0.05, 0) is 38.8 Å². The molecule has 0 aromatic carbocycles. The Labute approximate surface area is 153 Å². The summed E-state index contributed by atoms with van der Waals surface area (Å²) in [4.78, 5) is 36.4. The average molecular weight is 361 g/mol. The number of carbonyl (C=O) groups is 2. The second kappa shape index (κ2) is 8.93. The molecule has 8 nitrogen and oxygen atoms in total. The van der Waals surface area contributed by atoms with E-state index in [1.54, 1.807) is 12.4 Å². The fourth-order valence-electron chi connectivity index (χ4n) is 3.85. The van der Waals surface area contributed by atoms with Crippen molar-refractivity contribution in [1.82, 2.24) is 19.8 Å². The first-order valence-corrected chi connectivity index (χ1v) is 9.41. The Kier molecular flexibility index (Phi) is 6.38. The quantitative estimate of drug-likeness (QED) is 0.806. The molecule has 0 radical (unpaired) electrons. The molecule has 1 aromatic rings. The van der Waals surface area contributed by atoms with Gasteiger partial charge in [-0.1, -0.05) is 6.42 Å². The van der Waals surface area contributed by atoms with Crippen LogP contribution in [0.3, 0.4) is 0 Å². The minimum absolute atomic E-state index is 0.0324. The number of carbonyl (C=O) groups excluding carboxylic acids is 1. The van der Waals surface area contributed by atoms with Gasteiger partial charge in [0.05, 0.1) is 12.4 Å². The first-order valence-electron chi connectivity index (χ1n) is 9.41.